The molecule has 0 unspecified atom stereocenters. The van der Waals surface area contributed by atoms with Crippen molar-refractivity contribution in [3.8, 4) is 0 Å². The number of aliphatic hydroxyl groups excluding tert-OH is 1. The van der Waals surface area contributed by atoms with Gasteiger partial charge in [-0.3, -0.25) is 14.5 Å². The first kappa shape index (κ1) is 12.9. The van der Waals surface area contributed by atoms with Crippen LogP contribution in [0.1, 0.15) is 6.92 Å². The SMILES string of the molecule is CC(=O)N1CCN(CC(=O)NCCO)CC1. The van der Waals surface area contributed by atoms with Crippen molar-refractivity contribution in [3.05, 3.63) is 0 Å². The molecule has 1 aliphatic heterocycles. The van der Waals surface area contributed by atoms with Crippen molar-refractivity contribution >= 4 is 11.8 Å². The highest BCUT2D eigenvalue weighted by Crippen LogP contribution is 2.01. The Morgan fingerprint density at radius 1 is 1.25 bits per heavy atom. The number of carbonyl (C=O) groups is 2. The van der Waals surface area contributed by atoms with Crippen molar-refractivity contribution in [2.24, 2.45) is 0 Å². The minimum absolute atomic E-state index is 0.0378. The van der Waals surface area contributed by atoms with Crippen LogP contribution in [0, 0.1) is 0 Å². The van der Waals surface area contributed by atoms with Crippen molar-refractivity contribution in [2.45, 2.75) is 6.92 Å². The molecule has 0 aliphatic carbocycles. The largest absolute Gasteiger partial charge is 0.395 e. The van der Waals surface area contributed by atoms with Gasteiger partial charge in [0.2, 0.25) is 11.8 Å². The lowest BCUT2D eigenvalue weighted by Gasteiger charge is -2.33. The van der Waals surface area contributed by atoms with Crippen LogP contribution in [0.2, 0.25) is 0 Å². The molecule has 0 bridgehead atoms. The van der Waals surface area contributed by atoms with Crippen molar-refractivity contribution in [1.82, 2.24) is 15.1 Å². The fraction of sp³-hybridized carbons (Fsp3) is 0.800. The maximum atomic E-state index is 11.3. The molecule has 0 radical (unpaired) electrons. The summed E-state index contributed by atoms with van der Waals surface area (Å²) in [4.78, 5) is 26.2. The van der Waals surface area contributed by atoms with E-state index in [0.717, 1.165) is 13.1 Å². The number of rotatable bonds is 4. The summed E-state index contributed by atoms with van der Waals surface area (Å²) >= 11 is 0. The number of hydrogen-bond donors (Lipinski definition) is 2. The Morgan fingerprint density at radius 2 is 1.88 bits per heavy atom. The lowest BCUT2D eigenvalue weighted by molar-refractivity contribution is -0.131. The quantitative estimate of drug-likeness (QED) is 0.600. The van der Waals surface area contributed by atoms with E-state index in [2.05, 4.69) is 5.32 Å². The summed E-state index contributed by atoms with van der Waals surface area (Å²) < 4.78 is 0. The molecule has 1 saturated heterocycles. The van der Waals surface area contributed by atoms with Crippen LogP contribution in [0.5, 0.6) is 0 Å². The molecule has 1 rings (SSSR count). The molecule has 6 nitrogen and oxygen atoms in total. The summed E-state index contributed by atoms with van der Waals surface area (Å²) in [6, 6.07) is 0. The van der Waals surface area contributed by atoms with Gasteiger partial charge in [-0.1, -0.05) is 0 Å². The third kappa shape index (κ3) is 4.16. The first-order valence-electron chi connectivity index (χ1n) is 5.49. The lowest BCUT2D eigenvalue weighted by Crippen LogP contribution is -2.50. The normalized spacial score (nSPS) is 17.2. The molecule has 16 heavy (non-hydrogen) atoms. The van der Waals surface area contributed by atoms with Crippen LogP contribution in [-0.4, -0.2) is 72.6 Å². The van der Waals surface area contributed by atoms with E-state index in [1.807, 2.05) is 4.90 Å². The highest BCUT2D eigenvalue weighted by molar-refractivity contribution is 5.78. The summed E-state index contributed by atoms with van der Waals surface area (Å²) in [6.45, 7) is 4.98. The summed E-state index contributed by atoms with van der Waals surface area (Å²) in [6.07, 6.45) is 0. The van der Waals surface area contributed by atoms with Gasteiger partial charge in [-0.15, -0.1) is 0 Å². The predicted octanol–water partition coefficient (Wildman–Crippen LogP) is -1.74. The first-order valence-corrected chi connectivity index (χ1v) is 5.49. The third-order valence-electron chi connectivity index (χ3n) is 2.62. The molecular weight excluding hydrogens is 210 g/mol. The number of carbonyl (C=O) groups excluding carboxylic acids is 2. The number of aliphatic hydroxyl groups is 1. The molecule has 92 valence electrons. The van der Waals surface area contributed by atoms with E-state index in [-0.39, 0.29) is 18.4 Å². The predicted molar refractivity (Wildman–Crippen MR) is 58.8 cm³/mol. The summed E-state index contributed by atoms with van der Waals surface area (Å²) in [7, 11) is 0. The van der Waals surface area contributed by atoms with Crippen LogP contribution >= 0.6 is 0 Å². The van der Waals surface area contributed by atoms with Crippen molar-refractivity contribution < 1.29 is 14.7 Å². The molecule has 0 aromatic carbocycles. The van der Waals surface area contributed by atoms with Crippen LogP contribution in [0.3, 0.4) is 0 Å². The standard InChI is InChI=1S/C10H19N3O3/c1-9(15)13-5-3-12(4-6-13)8-10(16)11-2-7-14/h14H,2-8H2,1H3,(H,11,16). The maximum Gasteiger partial charge on any atom is 0.234 e. The molecule has 1 heterocycles. The monoisotopic (exact) mass is 229 g/mol. The summed E-state index contributed by atoms with van der Waals surface area (Å²) in [5.74, 6) is 0.00899. The number of amides is 2. The highest BCUT2D eigenvalue weighted by Gasteiger charge is 2.19. The number of nitrogens with zero attached hydrogens (tertiary/aromatic N) is 2. The number of hydrogen-bond acceptors (Lipinski definition) is 4. The average Bonchev–Trinajstić information content (AvgIpc) is 2.27. The van der Waals surface area contributed by atoms with Gasteiger partial charge in [0.1, 0.15) is 0 Å². The van der Waals surface area contributed by atoms with Gasteiger partial charge in [-0.2, -0.15) is 0 Å². The summed E-state index contributed by atoms with van der Waals surface area (Å²) in [5.41, 5.74) is 0. The van der Waals surface area contributed by atoms with Gasteiger partial charge in [-0.25, -0.2) is 0 Å². The molecule has 2 amide bonds. The third-order valence-corrected chi connectivity index (χ3v) is 2.62. The van der Waals surface area contributed by atoms with Gasteiger partial charge in [-0.05, 0) is 0 Å². The molecular formula is C10H19N3O3. The molecule has 0 spiro atoms. The average molecular weight is 229 g/mol. The highest BCUT2D eigenvalue weighted by atomic mass is 16.3. The van der Waals surface area contributed by atoms with Crippen LogP contribution in [0.4, 0.5) is 0 Å². The van der Waals surface area contributed by atoms with Crippen LogP contribution in [0.15, 0.2) is 0 Å². The second-order valence-electron chi connectivity index (χ2n) is 3.86. The Morgan fingerprint density at radius 3 is 2.38 bits per heavy atom. The zero-order valence-corrected chi connectivity index (χ0v) is 9.61. The smallest absolute Gasteiger partial charge is 0.234 e. The molecule has 0 atom stereocenters. The Kier molecular flexibility index (Phi) is 5.21. The second-order valence-corrected chi connectivity index (χ2v) is 3.86. The van der Waals surface area contributed by atoms with E-state index in [1.54, 1.807) is 11.8 Å². The van der Waals surface area contributed by atoms with Crippen LogP contribution in [0.25, 0.3) is 0 Å². The fourth-order valence-electron chi connectivity index (χ4n) is 1.68. The number of nitrogens with one attached hydrogen (secondary N) is 1. The Labute approximate surface area is 95.2 Å². The van der Waals surface area contributed by atoms with Gasteiger partial charge in [0.15, 0.2) is 0 Å². The van der Waals surface area contributed by atoms with Gasteiger partial charge in [0, 0.05) is 39.6 Å². The number of piperazine rings is 1. The van der Waals surface area contributed by atoms with Crippen LogP contribution < -0.4 is 5.32 Å². The molecule has 0 saturated carbocycles. The Bertz CT molecular complexity index is 250. The second kappa shape index (κ2) is 6.44. The van der Waals surface area contributed by atoms with E-state index in [4.69, 9.17) is 5.11 Å². The topological polar surface area (TPSA) is 72.9 Å². The molecule has 6 heteroatoms. The van der Waals surface area contributed by atoms with Gasteiger partial charge in [0.05, 0.1) is 13.2 Å². The molecule has 1 aliphatic rings. The van der Waals surface area contributed by atoms with Crippen molar-refractivity contribution in [2.75, 3.05) is 45.9 Å². The zero-order valence-electron chi connectivity index (χ0n) is 9.61. The van der Waals surface area contributed by atoms with Crippen molar-refractivity contribution in [3.63, 3.8) is 0 Å². The minimum atomic E-state index is -0.0784. The van der Waals surface area contributed by atoms with E-state index in [9.17, 15) is 9.59 Å². The Balaban J connectivity index is 2.21. The van der Waals surface area contributed by atoms with Gasteiger partial charge in [0.25, 0.3) is 0 Å². The molecule has 0 aromatic heterocycles. The zero-order chi connectivity index (χ0) is 12.0. The molecule has 2 N–H and O–H groups in total. The molecule has 0 aromatic rings. The van der Waals surface area contributed by atoms with E-state index in [1.165, 1.54) is 0 Å². The van der Waals surface area contributed by atoms with Crippen LogP contribution in [-0.2, 0) is 9.59 Å². The Hall–Kier alpha value is -1.14. The van der Waals surface area contributed by atoms with Crippen molar-refractivity contribution in [1.29, 1.82) is 0 Å². The summed E-state index contributed by atoms with van der Waals surface area (Å²) in [5, 5.41) is 11.1. The van der Waals surface area contributed by atoms with Gasteiger partial charge >= 0.3 is 0 Å². The van der Waals surface area contributed by atoms with E-state index < -0.39 is 0 Å². The first-order chi connectivity index (χ1) is 7.63. The lowest BCUT2D eigenvalue weighted by atomic mass is 10.3. The maximum absolute atomic E-state index is 11.3. The minimum Gasteiger partial charge on any atom is -0.395 e. The van der Waals surface area contributed by atoms with Gasteiger partial charge < -0.3 is 15.3 Å². The fourth-order valence-corrected chi connectivity index (χ4v) is 1.68. The molecule has 1 fully saturated rings. The van der Waals surface area contributed by atoms with E-state index >= 15 is 0 Å². The van der Waals surface area contributed by atoms with E-state index in [0.29, 0.717) is 26.2 Å².